The number of hydrogen-bond acceptors (Lipinski definition) is 5. The van der Waals surface area contributed by atoms with Gasteiger partial charge in [0.05, 0.1) is 5.52 Å². The molecule has 4 rings (SSSR count). The van der Waals surface area contributed by atoms with E-state index in [2.05, 4.69) is 73.5 Å². The number of amides is 1. The largest absolute Gasteiger partial charge is 0.444 e. The zero-order valence-corrected chi connectivity index (χ0v) is 22.1. The molecule has 1 amide bonds. The second-order valence-electron chi connectivity index (χ2n) is 10.6. The molecule has 1 N–H and O–H groups in total. The van der Waals surface area contributed by atoms with E-state index in [4.69, 9.17) is 9.72 Å². The van der Waals surface area contributed by atoms with Gasteiger partial charge in [-0.15, -0.1) is 0 Å². The van der Waals surface area contributed by atoms with Crippen LogP contribution in [0.1, 0.15) is 56.1 Å². The topological polar surface area (TPSA) is 57.7 Å². The number of fused-ring (bicyclic) bond motifs is 1. The molecule has 2 aromatic carbocycles. The summed E-state index contributed by atoms with van der Waals surface area (Å²) in [5.41, 5.74) is 7.68. The summed E-state index contributed by atoms with van der Waals surface area (Å²) in [7, 11) is 0. The fraction of sp³-hybridized carbons (Fsp3) is 0.448. The van der Waals surface area contributed by atoms with E-state index >= 15 is 0 Å². The Morgan fingerprint density at radius 1 is 1.03 bits per heavy atom. The number of pyridine rings is 1. The standard InChI is InChI=1S/C29H38N4O2/c1-19-9-8-10-24(21(19)3)22(4)31-27-17-20(2)30-26-12-11-23(18-25(26)27)32-13-15-33(16-14-32)28(34)35-29(5,6)7/h8-12,17-18,22H,13-16H2,1-7H3,(H,30,31)/t22-/m1/s1. The highest BCUT2D eigenvalue weighted by atomic mass is 16.6. The van der Waals surface area contributed by atoms with Gasteiger partial charge >= 0.3 is 6.09 Å². The molecule has 186 valence electrons. The van der Waals surface area contributed by atoms with Crippen LogP contribution in [0.15, 0.2) is 42.5 Å². The Balaban J connectivity index is 1.55. The first-order valence-corrected chi connectivity index (χ1v) is 12.5. The van der Waals surface area contributed by atoms with Crippen molar-refractivity contribution in [2.75, 3.05) is 36.4 Å². The predicted octanol–water partition coefficient (Wildman–Crippen LogP) is 6.39. The van der Waals surface area contributed by atoms with Gasteiger partial charge in [0.2, 0.25) is 0 Å². The molecule has 1 saturated heterocycles. The minimum Gasteiger partial charge on any atom is -0.444 e. The van der Waals surface area contributed by atoms with Crippen LogP contribution in [-0.4, -0.2) is 47.8 Å². The number of aryl methyl sites for hydroxylation is 2. The van der Waals surface area contributed by atoms with E-state index in [0.29, 0.717) is 13.1 Å². The van der Waals surface area contributed by atoms with Crippen LogP contribution in [0.3, 0.4) is 0 Å². The monoisotopic (exact) mass is 474 g/mol. The molecule has 6 heteroatoms. The van der Waals surface area contributed by atoms with Gasteiger partial charge in [-0.1, -0.05) is 18.2 Å². The summed E-state index contributed by atoms with van der Waals surface area (Å²) in [5, 5.41) is 4.87. The van der Waals surface area contributed by atoms with E-state index < -0.39 is 5.60 Å². The van der Waals surface area contributed by atoms with Gasteiger partial charge in [0, 0.05) is 54.7 Å². The molecule has 0 aliphatic carbocycles. The van der Waals surface area contributed by atoms with Gasteiger partial charge in [-0.25, -0.2) is 4.79 Å². The minimum absolute atomic E-state index is 0.168. The highest BCUT2D eigenvalue weighted by Crippen LogP contribution is 2.32. The Morgan fingerprint density at radius 3 is 2.43 bits per heavy atom. The highest BCUT2D eigenvalue weighted by molar-refractivity contribution is 5.94. The molecule has 3 aromatic rings. The summed E-state index contributed by atoms with van der Waals surface area (Å²) < 4.78 is 5.54. The SMILES string of the molecule is Cc1cc(N[C@H](C)c2cccc(C)c2C)c2cc(N3CCN(C(=O)OC(C)(C)C)CC3)ccc2n1. The first-order chi connectivity index (χ1) is 16.5. The summed E-state index contributed by atoms with van der Waals surface area (Å²) in [4.78, 5) is 21.3. The molecular weight excluding hydrogens is 436 g/mol. The Kier molecular flexibility index (Phi) is 6.93. The number of nitrogens with one attached hydrogen (secondary N) is 1. The van der Waals surface area contributed by atoms with Crippen LogP contribution in [0, 0.1) is 20.8 Å². The molecule has 1 fully saturated rings. The summed E-state index contributed by atoms with van der Waals surface area (Å²) in [6, 6.07) is 15.2. The van der Waals surface area contributed by atoms with Crippen molar-refractivity contribution in [3.8, 4) is 0 Å². The van der Waals surface area contributed by atoms with E-state index in [-0.39, 0.29) is 12.1 Å². The molecule has 0 spiro atoms. The van der Waals surface area contributed by atoms with Crippen molar-refractivity contribution < 1.29 is 9.53 Å². The van der Waals surface area contributed by atoms with Crippen LogP contribution in [0.2, 0.25) is 0 Å². The van der Waals surface area contributed by atoms with Gasteiger partial charge in [-0.3, -0.25) is 4.98 Å². The van der Waals surface area contributed by atoms with Crippen molar-refractivity contribution in [1.29, 1.82) is 0 Å². The van der Waals surface area contributed by atoms with Gasteiger partial charge in [0.25, 0.3) is 0 Å². The number of anilines is 2. The van der Waals surface area contributed by atoms with Crippen molar-refractivity contribution >= 4 is 28.4 Å². The van der Waals surface area contributed by atoms with Gasteiger partial charge in [-0.2, -0.15) is 0 Å². The molecule has 6 nitrogen and oxygen atoms in total. The maximum absolute atomic E-state index is 12.4. The normalized spacial score (nSPS) is 15.3. The molecule has 0 radical (unpaired) electrons. The second kappa shape index (κ2) is 9.76. The first-order valence-electron chi connectivity index (χ1n) is 12.5. The Hall–Kier alpha value is -3.28. The Morgan fingerprint density at radius 2 is 1.74 bits per heavy atom. The molecular formula is C29H38N4O2. The van der Waals surface area contributed by atoms with Crippen molar-refractivity contribution in [1.82, 2.24) is 9.88 Å². The number of ether oxygens (including phenoxy) is 1. The highest BCUT2D eigenvalue weighted by Gasteiger charge is 2.26. The molecule has 0 bridgehead atoms. The summed E-state index contributed by atoms with van der Waals surface area (Å²) >= 11 is 0. The van der Waals surface area contributed by atoms with E-state index in [0.717, 1.165) is 41.1 Å². The third kappa shape index (κ3) is 5.69. The number of benzene rings is 2. The predicted molar refractivity (Wildman–Crippen MR) is 144 cm³/mol. The smallest absolute Gasteiger partial charge is 0.410 e. The zero-order chi connectivity index (χ0) is 25.3. The van der Waals surface area contributed by atoms with E-state index in [1.54, 1.807) is 4.90 Å². The van der Waals surface area contributed by atoms with E-state index in [1.807, 2.05) is 27.7 Å². The number of hydrogen-bond donors (Lipinski definition) is 1. The lowest BCUT2D eigenvalue weighted by atomic mass is 9.98. The van der Waals surface area contributed by atoms with Crippen molar-refractivity contribution in [3.05, 3.63) is 64.8 Å². The molecule has 1 aromatic heterocycles. The molecule has 1 aliphatic heterocycles. The average molecular weight is 475 g/mol. The summed E-state index contributed by atoms with van der Waals surface area (Å²) in [6.07, 6.45) is -0.234. The number of nitrogens with zero attached hydrogens (tertiary/aromatic N) is 3. The Bertz CT molecular complexity index is 1220. The summed E-state index contributed by atoms with van der Waals surface area (Å²) in [5.74, 6) is 0. The molecule has 0 saturated carbocycles. The molecule has 1 atom stereocenters. The van der Waals surface area contributed by atoms with Crippen molar-refractivity contribution in [2.45, 2.75) is 60.1 Å². The number of carbonyl (C=O) groups is 1. The number of rotatable bonds is 4. The van der Waals surface area contributed by atoms with Crippen LogP contribution < -0.4 is 10.2 Å². The fourth-order valence-electron chi connectivity index (χ4n) is 4.69. The zero-order valence-electron chi connectivity index (χ0n) is 22.1. The lowest BCUT2D eigenvalue weighted by Gasteiger charge is -2.36. The maximum atomic E-state index is 12.4. The number of piperazine rings is 1. The maximum Gasteiger partial charge on any atom is 0.410 e. The van der Waals surface area contributed by atoms with Gasteiger partial charge in [0.1, 0.15) is 5.60 Å². The quantitative estimate of drug-likeness (QED) is 0.475. The lowest BCUT2D eigenvalue weighted by molar-refractivity contribution is 0.0240. The fourth-order valence-corrected chi connectivity index (χ4v) is 4.69. The second-order valence-corrected chi connectivity index (χ2v) is 10.6. The number of carbonyl (C=O) groups excluding carboxylic acids is 1. The van der Waals surface area contributed by atoms with Crippen LogP contribution >= 0.6 is 0 Å². The van der Waals surface area contributed by atoms with Gasteiger partial charge in [-0.05, 0) is 89.4 Å². The third-order valence-corrected chi connectivity index (χ3v) is 6.70. The summed E-state index contributed by atoms with van der Waals surface area (Å²) in [6.45, 7) is 17.1. The van der Waals surface area contributed by atoms with E-state index in [9.17, 15) is 4.79 Å². The van der Waals surface area contributed by atoms with Crippen LogP contribution in [0.4, 0.5) is 16.2 Å². The van der Waals surface area contributed by atoms with E-state index in [1.165, 1.54) is 16.7 Å². The lowest BCUT2D eigenvalue weighted by Crippen LogP contribution is -2.50. The molecule has 1 aliphatic rings. The molecule has 2 heterocycles. The van der Waals surface area contributed by atoms with Crippen molar-refractivity contribution in [2.24, 2.45) is 0 Å². The first kappa shape index (κ1) is 24.8. The Labute approximate surface area is 209 Å². The number of aromatic nitrogens is 1. The van der Waals surface area contributed by atoms with Crippen LogP contribution in [0.5, 0.6) is 0 Å². The third-order valence-electron chi connectivity index (χ3n) is 6.70. The van der Waals surface area contributed by atoms with Gasteiger partial charge < -0.3 is 19.9 Å². The minimum atomic E-state index is -0.477. The van der Waals surface area contributed by atoms with Gasteiger partial charge in [0.15, 0.2) is 0 Å². The molecule has 0 unspecified atom stereocenters. The molecule has 35 heavy (non-hydrogen) atoms. The van der Waals surface area contributed by atoms with Crippen LogP contribution in [0.25, 0.3) is 10.9 Å². The van der Waals surface area contributed by atoms with Crippen LogP contribution in [-0.2, 0) is 4.74 Å². The average Bonchev–Trinajstić information content (AvgIpc) is 2.79. The van der Waals surface area contributed by atoms with Crippen molar-refractivity contribution in [3.63, 3.8) is 0 Å².